The number of nitrogens with zero attached hydrogens (tertiary/aromatic N) is 4. The first-order valence-electron chi connectivity index (χ1n) is 10.4. The number of carbonyl (C=O) groups excluding carboxylic acids is 1. The van der Waals surface area contributed by atoms with Crippen LogP contribution in [0.1, 0.15) is 11.6 Å². The van der Waals surface area contributed by atoms with E-state index >= 15 is 0 Å². The number of benzene rings is 2. The van der Waals surface area contributed by atoms with Crippen molar-refractivity contribution in [2.24, 2.45) is 0 Å². The summed E-state index contributed by atoms with van der Waals surface area (Å²) in [6.07, 6.45) is 3.53. The van der Waals surface area contributed by atoms with Crippen LogP contribution in [0.5, 0.6) is 23.1 Å². The van der Waals surface area contributed by atoms with Gasteiger partial charge in [-0.25, -0.2) is 14.8 Å². The number of ether oxygens (including phenoxy) is 3. The number of anilines is 2. The summed E-state index contributed by atoms with van der Waals surface area (Å²) in [4.78, 5) is 25.5. The summed E-state index contributed by atoms with van der Waals surface area (Å²) in [6.45, 7) is 3.69. The van der Waals surface area contributed by atoms with E-state index in [2.05, 4.69) is 25.6 Å². The minimum Gasteiger partial charge on any atom is -0.493 e. The van der Waals surface area contributed by atoms with Crippen molar-refractivity contribution in [2.45, 2.75) is 13.8 Å². The number of para-hydroxylation sites is 1. The normalized spacial score (nSPS) is 10.5. The number of nitrogens with one attached hydrogen (secondary N) is 2. The van der Waals surface area contributed by atoms with Crippen LogP contribution in [0.4, 0.5) is 16.2 Å². The third-order valence-electron chi connectivity index (χ3n) is 4.86. The fraction of sp³-hybridized carbons (Fsp3) is 0.167. The van der Waals surface area contributed by atoms with Gasteiger partial charge in [0.2, 0.25) is 5.88 Å². The number of carbonyl (C=O) groups is 1. The van der Waals surface area contributed by atoms with Crippen molar-refractivity contribution in [1.82, 2.24) is 19.5 Å². The summed E-state index contributed by atoms with van der Waals surface area (Å²) in [5, 5.41) is 5.53. The number of aryl methyl sites for hydroxylation is 2. The maximum absolute atomic E-state index is 12.5. The molecule has 0 aliphatic heterocycles. The summed E-state index contributed by atoms with van der Waals surface area (Å²) in [5.41, 5.74) is 1.07. The van der Waals surface area contributed by atoms with Crippen LogP contribution in [-0.4, -0.2) is 39.8 Å². The Kier molecular flexibility index (Phi) is 6.58. The highest BCUT2D eigenvalue weighted by molar-refractivity contribution is 6.01. The number of rotatable bonds is 7. The van der Waals surface area contributed by atoms with Gasteiger partial charge in [-0.3, -0.25) is 4.57 Å². The Morgan fingerprint density at radius 3 is 2.44 bits per heavy atom. The Morgan fingerprint density at radius 1 is 0.971 bits per heavy atom. The Morgan fingerprint density at radius 2 is 1.76 bits per heavy atom. The molecule has 0 bridgehead atoms. The Bertz CT molecular complexity index is 1300. The van der Waals surface area contributed by atoms with E-state index in [-0.39, 0.29) is 0 Å². The molecule has 2 heterocycles. The summed E-state index contributed by atoms with van der Waals surface area (Å²) in [5.74, 6) is 3.97. The van der Waals surface area contributed by atoms with Crippen molar-refractivity contribution >= 4 is 17.4 Å². The molecule has 0 spiro atoms. The molecule has 2 amide bonds. The number of urea groups is 1. The lowest BCUT2D eigenvalue weighted by atomic mass is 10.2. The van der Waals surface area contributed by atoms with Crippen LogP contribution in [0.2, 0.25) is 0 Å². The SMILES string of the molecule is COc1cccc(NC(=O)Nc2ccc(Oc3cc(-n4ccnc4C)nc(C)n3)cc2)c1OC. The predicted molar refractivity (Wildman–Crippen MR) is 127 cm³/mol. The van der Waals surface area contributed by atoms with Gasteiger partial charge in [0.15, 0.2) is 11.5 Å². The average Bonchev–Trinajstić information content (AvgIpc) is 3.25. The quantitative estimate of drug-likeness (QED) is 0.410. The summed E-state index contributed by atoms with van der Waals surface area (Å²) in [6, 6.07) is 13.5. The molecule has 10 heteroatoms. The van der Waals surface area contributed by atoms with Crippen LogP contribution in [-0.2, 0) is 0 Å². The van der Waals surface area contributed by atoms with Crippen molar-refractivity contribution in [1.29, 1.82) is 0 Å². The van der Waals surface area contributed by atoms with Crippen LogP contribution >= 0.6 is 0 Å². The van der Waals surface area contributed by atoms with Crippen molar-refractivity contribution in [2.75, 3.05) is 24.9 Å². The topological polar surface area (TPSA) is 112 Å². The molecular formula is C24H24N6O4. The molecule has 0 aliphatic rings. The summed E-state index contributed by atoms with van der Waals surface area (Å²) >= 11 is 0. The molecule has 2 N–H and O–H groups in total. The molecule has 4 aromatic rings. The van der Waals surface area contributed by atoms with Gasteiger partial charge in [0, 0.05) is 24.1 Å². The lowest BCUT2D eigenvalue weighted by molar-refractivity contribution is 0.262. The van der Waals surface area contributed by atoms with Crippen molar-refractivity contribution in [3.05, 3.63) is 72.6 Å². The maximum Gasteiger partial charge on any atom is 0.323 e. The predicted octanol–water partition coefficient (Wildman–Crippen LogP) is 4.73. The Balaban J connectivity index is 1.43. The lowest BCUT2D eigenvalue weighted by Gasteiger charge is -2.14. The van der Waals surface area contributed by atoms with Gasteiger partial charge in [-0.05, 0) is 50.2 Å². The number of hydrogen-bond donors (Lipinski definition) is 2. The zero-order valence-electron chi connectivity index (χ0n) is 19.2. The highest BCUT2D eigenvalue weighted by atomic mass is 16.5. The maximum atomic E-state index is 12.5. The highest BCUT2D eigenvalue weighted by Crippen LogP contribution is 2.34. The van der Waals surface area contributed by atoms with Gasteiger partial charge in [-0.15, -0.1) is 0 Å². The van der Waals surface area contributed by atoms with Crippen LogP contribution in [0.3, 0.4) is 0 Å². The molecule has 0 saturated carbocycles. The second kappa shape index (κ2) is 9.90. The molecule has 0 saturated heterocycles. The number of imidazole rings is 1. The number of methoxy groups -OCH3 is 2. The van der Waals surface area contributed by atoms with E-state index < -0.39 is 6.03 Å². The zero-order chi connectivity index (χ0) is 24.1. The molecule has 4 rings (SSSR count). The van der Waals surface area contributed by atoms with Crippen molar-refractivity contribution in [3.63, 3.8) is 0 Å². The smallest absolute Gasteiger partial charge is 0.323 e. The van der Waals surface area contributed by atoms with Gasteiger partial charge in [-0.1, -0.05) is 6.07 Å². The minimum atomic E-state index is -0.424. The molecule has 0 unspecified atom stereocenters. The lowest BCUT2D eigenvalue weighted by Crippen LogP contribution is -2.19. The molecule has 0 fully saturated rings. The van der Waals surface area contributed by atoms with E-state index in [0.717, 1.165) is 5.82 Å². The standard InChI is InChI=1S/C24H24N6O4/c1-15-26-21(30-13-12-25-16(30)2)14-22(27-15)34-18-10-8-17(9-11-18)28-24(31)29-19-6-5-7-20(32-3)23(19)33-4/h5-14H,1-4H3,(H2,28,29,31). The van der Waals surface area contributed by atoms with Crippen LogP contribution in [0.25, 0.3) is 5.82 Å². The molecule has 2 aromatic carbocycles. The Labute approximate surface area is 196 Å². The molecule has 0 atom stereocenters. The number of amides is 2. The van der Waals surface area contributed by atoms with Gasteiger partial charge < -0.3 is 24.8 Å². The van der Waals surface area contributed by atoms with Crippen LogP contribution < -0.4 is 24.8 Å². The molecule has 174 valence electrons. The van der Waals surface area contributed by atoms with Gasteiger partial charge in [0.1, 0.15) is 23.2 Å². The molecular weight excluding hydrogens is 436 g/mol. The third kappa shape index (κ3) is 5.07. The summed E-state index contributed by atoms with van der Waals surface area (Å²) < 4.78 is 18.4. The second-order valence-corrected chi connectivity index (χ2v) is 7.20. The van der Waals surface area contributed by atoms with Crippen LogP contribution in [0, 0.1) is 13.8 Å². The van der Waals surface area contributed by atoms with Gasteiger partial charge in [-0.2, -0.15) is 4.98 Å². The molecule has 10 nitrogen and oxygen atoms in total. The van der Waals surface area contributed by atoms with E-state index in [0.29, 0.717) is 46.1 Å². The average molecular weight is 460 g/mol. The third-order valence-corrected chi connectivity index (χ3v) is 4.86. The fourth-order valence-corrected chi connectivity index (χ4v) is 3.32. The first-order valence-corrected chi connectivity index (χ1v) is 10.4. The second-order valence-electron chi connectivity index (χ2n) is 7.20. The minimum absolute atomic E-state index is 0.402. The van der Waals surface area contributed by atoms with Gasteiger partial charge in [0.05, 0.1) is 19.9 Å². The monoisotopic (exact) mass is 460 g/mol. The van der Waals surface area contributed by atoms with Gasteiger partial charge >= 0.3 is 6.03 Å². The van der Waals surface area contributed by atoms with E-state index in [1.54, 1.807) is 61.7 Å². The largest absolute Gasteiger partial charge is 0.493 e. The fourth-order valence-electron chi connectivity index (χ4n) is 3.32. The molecule has 2 aromatic heterocycles. The number of hydrogen-bond acceptors (Lipinski definition) is 7. The first kappa shape index (κ1) is 22.6. The molecule has 34 heavy (non-hydrogen) atoms. The van der Waals surface area contributed by atoms with E-state index in [4.69, 9.17) is 14.2 Å². The zero-order valence-corrected chi connectivity index (χ0v) is 19.2. The van der Waals surface area contributed by atoms with Crippen molar-refractivity contribution < 1.29 is 19.0 Å². The van der Waals surface area contributed by atoms with Crippen molar-refractivity contribution in [3.8, 4) is 28.9 Å². The van der Waals surface area contributed by atoms with E-state index in [9.17, 15) is 4.79 Å². The molecule has 0 radical (unpaired) electrons. The highest BCUT2D eigenvalue weighted by Gasteiger charge is 2.13. The van der Waals surface area contributed by atoms with Crippen LogP contribution in [0.15, 0.2) is 60.9 Å². The Hall–Kier alpha value is -4.60. The molecule has 0 aliphatic carbocycles. The number of aromatic nitrogens is 4. The van der Waals surface area contributed by atoms with Gasteiger partial charge in [0.25, 0.3) is 0 Å². The van der Waals surface area contributed by atoms with E-state index in [1.807, 2.05) is 17.7 Å². The first-order chi connectivity index (χ1) is 16.5. The van der Waals surface area contributed by atoms with E-state index in [1.165, 1.54) is 14.2 Å². The summed E-state index contributed by atoms with van der Waals surface area (Å²) in [7, 11) is 3.05.